The molecule has 27 heavy (non-hydrogen) atoms. The van der Waals surface area contributed by atoms with Crippen LogP contribution in [0.1, 0.15) is 95.3 Å². The lowest BCUT2D eigenvalue weighted by Gasteiger charge is -2.31. The highest BCUT2D eigenvalue weighted by Gasteiger charge is 2.40. The van der Waals surface area contributed by atoms with Gasteiger partial charge in [-0.1, -0.05) is 38.5 Å². The van der Waals surface area contributed by atoms with Gasteiger partial charge in [0.1, 0.15) is 0 Å². The first-order chi connectivity index (χ1) is 13.1. The number of carbonyl (C=O) groups is 3. The summed E-state index contributed by atoms with van der Waals surface area (Å²) >= 11 is 0. The molecule has 4 rings (SSSR count). The summed E-state index contributed by atoms with van der Waals surface area (Å²) in [5, 5.41) is 0. The molecule has 0 radical (unpaired) electrons. The van der Waals surface area contributed by atoms with Gasteiger partial charge in [-0.15, -0.1) is 0 Å². The van der Waals surface area contributed by atoms with E-state index in [0.717, 1.165) is 51.4 Å². The molecule has 3 aliphatic rings. The van der Waals surface area contributed by atoms with Gasteiger partial charge in [-0.05, 0) is 43.9 Å². The lowest BCUT2D eigenvalue weighted by Crippen LogP contribution is -2.40. The van der Waals surface area contributed by atoms with Crippen molar-refractivity contribution in [2.75, 3.05) is 7.05 Å². The number of hydrogen-bond acceptors (Lipinski definition) is 3. The molecule has 1 heterocycles. The van der Waals surface area contributed by atoms with Crippen LogP contribution >= 0.6 is 0 Å². The minimum atomic E-state index is -0.225. The summed E-state index contributed by atoms with van der Waals surface area (Å²) in [4.78, 5) is 41.9. The molecule has 0 spiro atoms. The monoisotopic (exact) mass is 368 g/mol. The summed E-state index contributed by atoms with van der Waals surface area (Å²) in [5.74, 6) is -0.473. The van der Waals surface area contributed by atoms with Crippen molar-refractivity contribution in [2.45, 2.75) is 76.3 Å². The summed E-state index contributed by atoms with van der Waals surface area (Å²) in [6.07, 6.45) is 10.7. The molecule has 144 valence electrons. The summed E-state index contributed by atoms with van der Waals surface area (Å²) < 4.78 is 0. The Morgan fingerprint density at radius 1 is 0.889 bits per heavy atom. The summed E-state index contributed by atoms with van der Waals surface area (Å²) in [5.41, 5.74) is 1.35. The van der Waals surface area contributed by atoms with Gasteiger partial charge in [0.15, 0.2) is 0 Å². The molecule has 0 aromatic heterocycles. The topological polar surface area (TPSA) is 57.7 Å². The minimum Gasteiger partial charge on any atom is -0.339 e. The van der Waals surface area contributed by atoms with Crippen LogP contribution in [0.15, 0.2) is 18.2 Å². The molecular formula is C22H28N2O3. The molecule has 1 aromatic rings. The Morgan fingerprint density at radius 2 is 1.48 bits per heavy atom. The highest BCUT2D eigenvalue weighted by atomic mass is 16.2. The highest BCUT2D eigenvalue weighted by Crippen LogP contribution is 2.32. The van der Waals surface area contributed by atoms with Gasteiger partial charge in [-0.25, -0.2) is 0 Å². The van der Waals surface area contributed by atoms with Crippen molar-refractivity contribution < 1.29 is 14.4 Å². The standard InChI is InChI=1S/C22H28N2O3/c1-23(16-8-4-2-5-9-16)20(25)15-12-13-18-19(14-15)22(27)24(21(18)26)17-10-6-3-7-11-17/h12-14,16-17H,2-11H2,1H3. The van der Waals surface area contributed by atoms with Crippen LogP contribution in [-0.2, 0) is 0 Å². The smallest absolute Gasteiger partial charge is 0.261 e. The Kier molecular flexibility index (Phi) is 5.02. The zero-order valence-corrected chi connectivity index (χ0v) is 16.1. The number of imide groups is 1. The van der Waals surface area contributed by atoms with E-state index in [9.17, 15) is 14.4 Å². The molecule has 5 nitrogen and oxygen atoms in total. The van der Waals surface area contributed by atoms with E-state index in [2.05, 4.69) is 0 Å². The molecule has 2 aliphatic carbocycles. The molecule has 1 aliphatic heterocycles. The van der Waals surface area contributed by atoms with Crippen molar-refractivity contribution in [3.05, 3.63) is 34.9 Å². The zero-order chi connectivity index (χ0) is 19.0. The molecule has 0 unspecified atom stereocenters. The van der Waals surface area contributed by atoms with Crippen molar-refractivity contribution >= 4 is 17.7 Å². The molecule has 0 bridgehead atoms. The van der Waals surface area contributed by atoms with E-state index in [1.54, 1.807) is 18.2 Å². The maximum absolute atomic E-state index is 12.9. The highest BCUT2D eigenvalue weighted by molar-refractivity contribution is 6.22. The van der Waals surface area contributed by atoms with E-state index in [1.807, 2.05) is 11.9 Å². The molecule has 2 saturated carbocycles. The van der Waals surface area contributed by atoms with E-state index in [1.165, 1.54) is 17.7 Å². The van der Waals surface area contributed by atoms with Gasteiger partial charge in [-0.2, -0.15) is 0 Å². The Labute approximate surface area is 160 Å². The number of fused-ring (bicyclic) bond motifs is 1. The van der Waals surface area contributed by atoms with Crippen molar-refractivity contribution in [2.24, 2.45) is 0 Å². The fourth-order valence-corrected chi connectivity index (χ4v) is 4.90. The van der Waals surface area contributed by atoms with Crippen molar-refractivity contribution in [1.82, 2.24) is 9.80 Å². The fraction of sp³-hybridized carbons (Fsp3) is 0.591. The third-order valence-electron chi connectivity index (χ3n) is 6.55. The fourth-order valence-electron chi connectivity index (χ4n) is 4.90. The molecule has 0 N–H and O–H groups in total. The normalized spacial score (nSPS) is 21.4. The van der Waals surface area contributed by atoms with Crippen LogP contribution in [0.3, 0.4) is 0 Å². The molecule has 0 atom stereocenters. The molecular weight excluding hydrogens is 340 g/mol. The first kappa shape index (κ1) is 18.2. The Bertz CT molecular complexity index is 761. The number of carbonyl (C=O) groups excluding carboxylic acids is 3. The maximum Gasteiger partial charge on any atom is 0.261 e. The number of amides is 3. The van der Waals surface area contributed by atoms with Crippen LogP contribution in [0.2, 0.25) is 0 Å². The average molecular weight is 368 g/mol. The van der Waals surface area contributed by atoms with Crippen LogP contribution in [0.25, 0.3) is 0 Å². The van der Waals surface area contributed by atoms with Gasteiger partial charge in [0.25, 0.3) is 17.7 Å². The number of benzene rings is 1. The van der Waals surface area contributed by atoms with Gasteiger partial charge in [0, 0.05) is 24.7 Å². The van der Waals surface area contributed by atoms with Gasteiger partial charge >= 0.3 is 0 Å². The number of rotatable bonds is 3. The van der Waals surface area contributed by atoms with Crippen LogP contribution in [-0.4, -0.2) is 46.7 Å². The zero-order valence-electron chi connectivity index (χ0n) is 16.1. The second-order valence-corrected chi connectivity index (χ2v) is 8.24. The third kappa shape index (κ3) is 3.28. The minimum absolute atomic E-state index is 0.00946. The Hall–Kier alpha value is -2.17. The second kappa shape index (κ2) is 7.45. The van der Waals surface area contributed by atoms with E-state index in [4.69, 9.17) is 0 Å². The Morgan fingerprint density at radius 3 is 2.15 bits per heavy atom. The third-order valence-corrected chi connectivity index (χ3v) is 6.55. The Balaban J connectivity index is 1.56. The first-order valence-electron chi connectivity index (χ1n) is 10.4. The van der Waals surface area contributed by atoms with Crippen molar-refractivity contribution in [3.63, 3.8) is 0 Å². The molecule has 1 aromatic carbocycles. The SMILES string of the molecule is CN(C(=O)c1ccc2c(c1)C(=O)N(C1CCCCC1)C2=O)C1CCCCC1. The molecule has 5 heteroatoms. The van der Waals surface area contributed by atoms with Gasteiger partial charge < -0.3 is 4.90 Å². The van der Waals surface area contributed by atoms with Crippen LogP contribution < -0.4 is 0 Å². The number of hydrogen-bond donors (Lipinski definition) is 0. The summed E-state index contributed by atoms with van der Waals surface area (Å²) in [6.45, 7) is 0. The molecule has 2 fully saturated rings. The lowest BCUT2D eigenvalue weighted by molar-refractivity contribution is 0.0548. The second-order valence-electron chi connectivity index (χ2n) is 8.24. The van der Waals surface area contributed by atoms with Crippen molar-refractivity contribution in [3.8, 4) is 0 Å². The van der Waals surface area contributed by atoms with E-state index >= 15 is 0 Å². The van der Waals surface area contributed by atoms with Gasteiger partial charge in [0.2, 0.25) is 0 Å². The largest absolute Gasteiger partial charge is 0.339 e. The van der Waals surface area contributed by atoms with Crippen LogP contribution in [0.4, 0.5) is 0 Å². The van der Waals surface area contributed by atoms with E-state index in [-0.39, 0.29) is 29.8 Å². The van der Waals surface area contributed by atoms with Gasteiger partial charge in [0.05, 0.1) is 11.1 Å². The van der Waals surface area contributed by atoms with Crippen LogP contribution in [0, 0.1) is 0 Å². The van der Waals surface area contributed by atoms with Crippen molar-refractivity contribution in [1.29, 1.82) is 0 Å². The molecule has 0 saturated heterocycles. The lowest BCUT2D eigenvalue weighted by atomic mass is 9.94. The summed E-state index contributed by atoms with van der Waals surface area (Å²) in [6, 6.07) is 5.29. The average Bonchev–Trinajstić information content (AvgIpc) is 2.98. The van der Waals surface area contributed by atoms with E-state index < -0.39 is 0 Å². The number of nitrogens with zero attached hydrogens (tertiary/aromatic N) is 2. The maximum atomic E-state index is 12.9. The van der Waals surface area contributed by atoms with Crippen LogP contribution in [0.5, 0.6) is 0 Å². The van der Waals surface area contributed by atoms with Gasteiger partial charge in [-0.3, -0.25) is 19.3 Å². The predicted molar refractivity (Wildman–Crippen MR) is 103 cm³/mol. The van der Waals surface area contributed by atoms with E-state index in [0.29, 0.717) is 16.7 Å². The summed E-state index contributed by atoms with van der Waals surface area (Å²) in [7, 11) is 1.85. The first-order valence-corrected chi connectivity index (χ1v) is 10.4. The quantitative estimate of drug-likeness (QED) is 0.757. The predicted octanol–water partition coefficient (Wildman–Crippen LogP) is 4.02. The molecule has 3 amide bonds.